The molecule has 1 aromatic rings. The summed E-state index contributed by atoms with van der Waals surface area (Å²) in [5.41, 5.74) is 0. The van der Waals surface area contributed by atoms with Crippen molar-refractivity contribution in [2.45, 2.75) is 0 Å². The van der Waals surface area contributed by atoms with E-state index >= 15 is 0 Å². The van der Waals surface area contributed by atoms with Crippen LogP contribution in [-0.2, 0) is 0 Å². The van der Waals surface area contributed by atoms with E-state index < -0.39 is 5.29 Å². The minimum Gasteiger partial charge on any atom is -0.465 e. The molecule has 0 bridgehead atoms. The minimum atomic E-state index is -0.773. The predicted molar refractivity (Wildman–Crippen MR) is 33.6 cm³/mol. The maximum Gasteiger partial charge on any atom is 0.192 e. The third-order valence-electron chi connectivity index (χ3n) is 0.795. The van der Waals surface area contributed by atoms with Gasteiger partial charge >= 0.3 is 0 Å². The summed E-state index contributed by atoms with van der Waals surface area (Å²) in [5.74, 6) is 0.419. The fraction of sp³-hybridized carbons (Fsp3) is 0. The molecule has 0 unspecified atom stereocenters. The van der Waals surface area contributed by atoms with Crippen LogP contribution in [0.2, 0.25) is 0 Å². The van der Waals surface area contributed by atoms with Crippen molar-refractivity contribution in [1.29, 1.82) is 0 Å². The number of hydrogen-bond acceptors (Lipinski definition) is 1. The quantitative estimate of drug-likeness (QED) is 0.594. The van der Waals surface area contributed by atoms with Gasteiger partial charge in [-0.05, 0) is 12.1 Å². The van der Waals surface area contributed by atoms with E-state index in [1.165, 1.54) is 6.26 Å². The molecular weight excluding hydrogens is 143 g/mol. The van der Waals surface area contributed by atoms with Crippen LogP contribution in [0, 0.1) is 0 Å². The molecule has 0 atom stereocenters. The van der Waals surface area contributed by atoms with Gasteiger partial charge in [0.2, 0.25) is 0 Å². The standard InChI is InChI=1S/C6H4ClFO/c7-6(8)4-5-2-1-3-9-5/h1-4H/b6-4+. The average molecular weight is 147 g/mol. The van der Waals surface area contributed by atoms with Crippen molar-refractivity contribution in [3.8, 4) is 0 Å². The minimum absolute atomic E-state index is 0.419. The maximum atomic E-state index is 11.8. The largest absolute Gasteiger partial charge is 0.465 e. The molecule has 0 saturated carbocycles. The summed E-state index contributed by atoms with van der Waals surface area (Å²) in [6.07, 6.45) is 2.55. The average Bonchev–Trinajstić information content (AvgIpc) is 2.15. The van der Waals surface area contributed by atoms with Gasteiger partial charge in [-0.15, -0.1) is 0 Å². The summed E-state index contributed by atoms with van der Waals surface area (Å²) in [6, 6.07) is 3.27. The summed E-state index contributed by atoms with van der Waals surface area (Å²) in [5, 5.41) is -0.773. The van der Waals surface area contributed by atoms with Gasteiger partial charge in [-0.25, -0.2) is 0 Å². The smallest absolute Gasteiger partial charge is 0.192 e. The number of rotatable bonds is 1. The molecule has 48 valence electrons. The van der Waals surface area contributed by atoms with Crippen LogP contribution in [-0.4, -0.2) is 0 Å². The molecule has 0 aliphatic rings. The van der Waals surface area contributed by atoms with E-state index in [2.05, 4.69) is 0 Å². The molecule has 3 heteroatoms. The lowest BCUT2D eigenvalue weighted by atomic mass is 10.4. The molecule has 0 fully saturated rings. The second-order valence-electron chi connectivity index (χ2n) is 1.45. The van der Waals surface area contributed by atoms with Crippen LogP contribution in [0.25, 0.3) is 6.08 Å². The molecule has 0 N–H and O–H groups in total. The van der Waals surface area contributed by atoms with Crippen LogP contribution in [0.3, 0.4) is 0 Å². The lowest BCUT2D eigenvalue weighted by molar-refractivity contribution is 0.554. The third-order valence-corrected chi connectivity index (χ3v) is 0.904. The number of halogens is 2. The van der Waals surface area contributed by atoms with Gasteiger partial charge in [0.1, 0.15) is 5.76 Å². The van der Waals surface area contributed by atoms with Gasteiger partial charge in [-0.3, -0.25) is 0 Å². The van der Waals surface area contributed by atoms with Gasteiger partial charge in [0, 0.05) is 6.08 Å². The molecule has 0 amide bonds. The highest BCUT2D eigenvalue weighted by molar-refractivity contribution is 6.29. The molecule has 0 aliphatic carbocycles. The molecule has 1 rings (SSSR count). The number of furan rings is 1. The van der Waals surface area contributed by atoms with Crippen molar-refractivity contribution in [3.63, 3.8) is 0 Å². The zero-order valence-corrected chi connectivity index (χ0v) is 5.23. The Kier molecular flexibility index (Phi) is 1.90. The van der Waals surface area contributed by atoms with Crippen LogP contribution >= 0.6 is 11.6 Å². The highest BCUT2D eigenvalue weighted by Gasteiger charge is 1.90. The first-order chi connectivity index (χ1) is 4.29. The Hall–Kier alpha value is -0.760. The Balaban J connectivity index is 2.80. The Labute approximate surface area is 56.7 Å². The molecule has 1 nitrogen and oxygen atoms in total. The van der Waals surface area contributed by atoms with Crippen molar-refractivity contribution >= 4 is 17.7 Å². The first-order valence-corrected chi connectivity index (χ1v) is 2.73. The normalized spacial score (nSPS) is 12.0. The summed E-state index contributed by atoms with van der Waals surface area (Å²) >= 11 is 4.90. The van der Waals surface area contributed by atoms with Crippen LogP contribution in [0.1, 0.15) is 5.76 Å². The zero-order valence-electron chi connectivity index (χ0n) is 4.47. The SMILES string of the molecule is F/C(Cl)=C/c1ccco1. The van der Waals surface area contributed by atoms with Crippen LogP contribution in [0.4, 0.5) is 4.39 Å². The zero-order chi connectivity index (χ0) is 6.69. The van der Waals surface area contributed by atoms with Gasteiger partial charge in [-0.1, -0.05) is 11.6 Å². The molecule has 0 spiro atoms. The predicted octanol–water partition coefficient (Wildman–Crippen LogP) is 2.79. The van der Waals surface area contributed by atoms with Crippen molar-refractivity contribution in [1.82, 2.24) is 0 Å². The highest BCUT2D eigenvalue weighted by atomic mass is 35.5. The van der Waals surface area contributed by atoms with Crippen molar-refractivity contribution in [3.05, 3.63) is 29.4 Å². The van der Waals surface area contributed by atoms with Crippen LogP contribution in [0.5, 0.6) is 0 Å². The Bertz CT molecular complexity index is 199. The lowest BCUT2D eigenvalue weighted by Gasteiger charge is -1.79. The van der Waals surface area contributed by atoms with E-state index in [9.17, 15) is 4.39 Å². The van der Waals surface area contributed by atoms with E-state index in [0.29, 0.717) is 5.76 Å². The Morgan fingerprint density at radius 1 is 1.78 bits per heavy atom. The maximum absolute atomic E-state index is 11.8. The molecule has 0 saturated heterocycles. The molecule has 1 aromatic heterocycles. The lowest BCUT2D eigenvalue weighted by Crippen LogP contribution is -1.58. The van der Waals surface area contributed by atoms with E-state index in [4.69, 9.17) is 16.0 Å². The molecule has 0 aliphatic heterocycles. The fourth-order valence-electron chi connectivity index (χ4n) is 0.481. The monoisotopic (exact) mass is 146 g/mol. The summed E-state index contributed by atoms with van der Waals surface area (Å²) in [7, 11) is 0. The third kappa shape index (κ3) is 1.90. The van der Waals surface area contributed by atoms with E-state index in [-0.39, 0.29) is 0 Å². The van der Waals surface area contributed by atoms with Crippen LogP contribution in [0.15, 0.2) is 28.1 Å². The summed E-state index contributed by atoms with van der Waals surface area (Å²) < 4.78 is 16.6. The topological polar surface area (TPSA) is 13.1 Å². The first kappa shape index (κ1) is 6.36. The Morgan fingerprint density at radius 3 is 3.00 bits per heavy atom. The Morgan fingerprint density at radius 2 is 2.56 bits per heavy atom. The molecule has 1 heterocycles. The molecule has 0 aromatic carbocycles. The van der Waals surface area contributed by atoms with Gasteiger partial charge in [-0.2, -0.15) is 4.39 Å². The van der Waals surface area contributed by atoms with Crippen molar-refractivity contribution in [2.75, 3.05) is 0 Å². The van der Waals surface area contributed by atoms with E-state index in [1.54, 1.807) is 12.1 Å². The van der Waals surface area contributed by atoms with Crippen molar-refractivity contribution < 1.29 is 8.81 Å². The summed E-state index contributed by atoms with van der Waals surface area (Å²) in [4.78, 5) is 0. The molecule has 9 heavy (non-hydrogen) atoms. The van der Waals surface area contributed by atoms with Crippen LogP contribution < -0.4 is 0 Å². The highest BCUT2D eigenvalue weighted by Crippen LogP contribution is 2.10. The second-order valence-corrected chi connectivity index (χ2v) is 1.81. The van der Waals surface area contributed by atoms with E-state index in [1.807, 2.05) is 0 Å². The molecule has 0 radical (unpaired) electrons. The number of hydrogen-bond donors (Lipinski definition) is 0. The van der Waals surface area contributed by atoms with Gasteiger partial charge in [0.15, 0.2) is 5.29 Å². The first-order valence-electron chi connectivity index (χ1n) is 2.35. The van der Waals surface area contributed by atoms with Crippen molar-refractivity contribution in [2.24, 2.45) is 0 Å². The van der Waals surface area contributed by atoms with E-state index in [0.717, 1.165) is 6.08 Å². The summed E-state index contributed by atoms with van der Waals surface area (Å²) in [6.45, 7) is 0. The van der Waals surface area contributed by atoms with Gasteiger partial charge in [0.05, 0.1) is 6.26 Å². The second kappa shape index (κ2) is 2.69. The van der Waals surface area contributed by atoms with Gasteiger partial charge in [0.25, 0.3) is 0 Å². The fourth-order valence-corrected chi connectivity index (χ4v) is 0.588. The van der Waals surface area contributed by atoms with Gasteiger partial charge < -0.3 is 4.42 Å². The molecular formula is C6H4ClFO.